The Hall–Kier alpha value is -0.980. The van der Waals surface area contributed by atoms with Crippen LogP contribution in [-0.4, -0.2) is 16.5 Å². The third-order valence-corrected chi connectivity index (χ3v) is 2.94. The fraction of sp³-hybridized carbons (Fsp3) is 0.417. The Kier molecular flexibility index (Phi) is 4.19. The van der Waals surface area contributed by atoms with Gasteiger partial charge in [0, 0.05) is 10.6 Å². The zero-order valence-electron chi connectivity index (χ0n) is 9.03. The number of thioether (sulfide) groups is 1. The molecular weight excluding hydrogens is 206 g/mol. The van der Waals surface area contributed by atoms with Gasteiger partial charge in [-0.15, -0.1) is 11.8 Å². The molecule has 0 radical (unpaired) electrons. The van der Waals surface area contributed by atoms with E-state index in [9.17, 15) is 5.11 Å². The van der Waals surface area contributed by atoms with Crippen molar-refractivity contribution in [2.24, 2.45) is 0 Å². The molecule has 0 aliphatic heterocycles. The van der Waals surface area contributed by atoms with Crippen LogP contribution in [0.4, 0.5) is 0 Å². The molecule has 0 bridgehead atoms. The van der Waals surface area contributed by atoms with Crippen LogP contribution in [0.5, 0.6) is 0 Å². The lowest BCUT2D eigenvalue weighted by Gasteiger charge is -2.16. The van der Waals surface area contributed by atoms with Crippen LogP contribution in [0.15, 0.2) is 29.2 Å². The summed E-state index contributed by atoms with van der Waals surface area (Å²) in [6, 6.07) is 9.64. The Bertz CT molecular complexity index is 363. The molecule has 0 saturated carbocycles. The van der Waals surface area contributed by atoms with Crippen LogP contribution < -0.4 is 0 Å². The lowest BCUT2D eigenvalue weighted by molar-refractivity contribution is 0.0778. The third-order valence-electron chi connectivity index (χ3n) is 1.95. The molecule has 0 aliphatic rings. The summed E-state index contributed by atoms with van der Waals surface area (Å²) in [5, 5.41) is 18.2. The summed E-state index contributed by atoms with van der Waals surface area (Å²) in [7, 11) is 0. The SMILES string of the molecule is CC(C)(O)CCSc1cccc(C#N)c1. The van der Waals surface area contributed by atoms with Gasteiger partial charge in [0.15, 0.2) is 0 Å². The molecule has 1 aromatic carbocycles. The predicted molar refractivity (Wildman–Crippen MR) is 62.8 cm³/mol. The van der Waals surface area contributed by atoms with Gasteiger partial charge in [0.2, 0.25) is 0 Å². The maximum atomic E-state index is 9.53. The van der Waals surface area contributed by atoms with Crippen molar-refractivity contribution in [2.75, 3.05) is 5.75 Å². The number of aliphatic hydroxyl groups is 1. The summed E-state index contributed by atoms with van der Waals surface area (Å²) < 4.78 is 0. The highest BCUT2D eigenvalue weighted by atomic mass is 32.2. The van der Waals surface area contributed by atoms with Gasteiger partial charge in [-0.2, -0.15) is 5.26 Å². The molecule has 0 unspecified atom stereocenters. The quantitative estimate of drug-likeness (QED) is 0.795. The third kappa shape index (κ3) is 4.87. The van der Waals surface area contributed by atoms with Crippen molar-refractivity contribution in [1.29, 1.82) is 5.26 Å². The van der Waals surface area contributed by atoms with Crippen molar-refractivity contribution in [3.63, 3.8) is 0 Å². The van der Waals surface area contributed by atoms with Gasteiger partial charge in [-0.1, -0.05) is 6.07 Å². The topological polar surface area (TPSA) is 44.0 Å². The van der Waals surface area contributed by atoms with Crippen LogP contribution in [0.1, 0.15) is 25.8 Å². The zero-order valence-corrected chi connectivity index (χ0v) is 9.84. The number of nitriles is 1. The summed E-state index contributed by atoms with van der Waals surface area (Å²) >= 11 is 1.67. The van der Waals surface area contributed by atoms with E-state index < -0.39 is 5.60 Å². The first-order valence-electron chi connectivity index (χ1n) is 4.86. The molecule has 1 N–H and O–H groups in total. The van der Waals surface area contributed by atoms with Crippen LogP contribution in [0, 0.1) is 11.3 Å². The summed E-state index contributed by atoms with van der Waals surface area (Å²) in [4.78, 5) is 1.08. The van der Waals surface area contributed by atoms with E-state index >= 15 is 0 Å². The molecule has 0 saturated heterocycles. The van der Waals surface area contributed by atoms with E-state index in [1.54, 1.807) is 31.7 Å². The second kappa shape index (κ2) is 5.20. The lowest BCUT2D eigenvalue weighted by Crippen LogP contribution is -2.18. The molecule has 1 aromatic rings. The van der Waals surface area contributed by atoms with Gasteiger partial charge in [0.1, 0.15) is 0 Å². The molecule has 0 heterocycles. The molecule has 1 rings (SSSR count). The standard InChI is InChI=1S/C12H15NOS/c1-12(2,14)6-7-15-11-5-3-4-10(8-11)9-13/h3-5,8,14H,6-7H2,1-2H3. The first kappa shape index (κ1) is 12.1. The van der Waals surface area contributed by atoms with Crippen molar-refractivity contribution in [1.82, 2.24) is 0 Å². The van der Waals surface area contributed by atoms with Gasteiger partial charge in [-0.05, 0) is 38.5 Å². The van der Waals surface area contributed by atoms with Gasteiger partial charge >= 0.3 is 0 Å². The van der Waals surface area contributed by atoms with Gasteiger partial charge < -0.3 is 5.11 Å². The normalized spacial score (nSPS) is 11.1. The predicted octanol–water partition coefficient (Wildman–Crippen LogP) is 2.81. The highest BCUT2D eigenvalue weighted by Crippen LogP contribution is 2.22. The zero-order chi connectivity index (χ0) is 11.3. The maximum Gasteiger partial charge on any atom is 0.0992 e. The number of rotatable bonds is 4. The molecular formula is C12H15NOS. The van der Waals surface area contributed by atoms with Gasteiger partial charge in [0.05, 0.1) is 17.2 Å². The van der Waals surface area contributed by atoms with Crippen molar-refractivity contribution in [3.05, 3.63) is 29.8 Å². The molecule has 80 valence electrons. The van der Waals surface area contributed by atoms with Gasteiger partial charge in [-0.3, -0.25) is 0 Å². The fourth-order valence-electron chi connectivity index (χ4n) is 1.07. The van der Waals surface area contributed by atoms with E-state index in [0.29, 0.717) is 5.56 Å². The Balaban J connectivity index is 2.48. The van der Waals surface area contributed by atoms with E-state index in [1.165, 1.54) is 0 Å². The van der Waals surface area contributed by atoms with Crippen LogP contribution in [0.2, 0.25) is 0 Å². The average molecular weight is 221 g/mol. The Morgan fingerprint density at radius 3 is 2.80 bits per heavy atom. The van der Waals surface area contributed by atoms with Crippen LogP contribution in [0.25, 0.3) is 0 Å². The van der Waals surface area contributed by atoms with Crippen molar-refractivity contribution in [2.45, 2.75) is 30.8 Å². The number of nitrogens with zero attached hydrogens (tertiary/aromatic N) is 1. The summed E-state index contributed by atoms with van der Waals surface area (Å²) in [5.41, 5.74) is 0.0723. The van der Waals surface area contributed by atoms with E-state index in [4.69, 9.17) is 5.26 Å². The number of benzene rings is 1. The molecule has 15 heavy (non-hydrogen) atoms. The molecule has 0 atom stereocenters. The number of hydrogen-bond acceptors (Lipinski definition) is 3. The van der Waals surface area contributed by atoms with Gasteiger partial charge in [-0.25, -0.2) is 0 Å². The monoisotopic (exact) mass is 221 g/mol. The van der Waals surface area contributed by atoms with E-state index in [0.717, 1.165) is 17.1 Å². The average Bonchev–Trinajstić information content (AvgIpc) is 2.16. The van der Waals surface area contributed by atoms with E-state index in [-0.39, 0.29) is 0 Å². The molecule has 0 fully saturated rings. The molecule has 3 heteroatoms. The molecule has 0 aliphatic carbocycles. The van der Waals surface area contributed by atoms with Crippen molar-refractivity contribution in [3.8, 4) is 6.07 Å². The second-order valence-corrected chi connectivity index (χ2v) is 5.22. The summed E-state index contributed by atoms with van der Waals surface area (Å²) in [6.07, 6.45) is 0.744. The Morgan fingerprint density at radius 2 is 2.20 bits per heavy atom. The first-order valence-corrected chi connectivity index (χ1v) is 5.85. The molecule has 0 spiro atoms. The smallest absolute Gasteiger partial charge is 0.0992 e. The molecule has 2 nitrogen and oxygen atoms in total. The Labute approximate surface area is 94.9 Å². The minimum atomic E-state index is -0.611. The van der Waals surface area contributed by atoms with Crippen LogP contribution in [-0.2, 0) is 0 Å². The summed E-state index contributed by atoms with van der Waals surface area (Å²) in [5.74, 6) is 0.860. The number of hydrogen-bond donors (Lipinski definition) is 1. The van der Waals surface area contributed by atoms with E-state index in [2.05, 4.69) is 6.07 Å². The molecule has 0 amide bonds. The minimum absolute atomic E-state index is 0.611. The van der Waals surface area contributed by atoms with Crippen LogP contribution in [0.3, 0.4) is 0 Å². The minimum Gasteiger partial charge on any atom is -0.390 e. The summed E-state index contributed by atoms with van der Waals surface area (Å²) in [6.45, 7) is 3.61. The molecule has 0 aromatic heterocycles. The van der Waals surface area contributed by atoms with Crippen LogP contribution >= 0.6 is 11.8 Å². The highest BCUT2D eigenvalue weighted by Gasteiger charge is 2.11. The highest BCUT2D eigenvalue weighted by molar-refractivity contribution is 7.99. The fourth-order valence-corrected chi connectivity index (χ4v) is 2.30. The van der Waals surface area contributed by atoms with Crippen molar-refractivity contribution < 1.29 is 5.11 Å². The Morgan fingerprint density at radius 1 is 1.47 bits per heavy atom. The van der Waals surface area contributed by atoms with Gasteiger partial charge in [0.25, 0.3) is 0 Å². The largest absolute Gasteiger partial charge is 0.390 e. The van der Waals surface area contributed by atoms with Crippen molar-refractivity contribution >= 4 is 11.8 Å². The first-order chi connectivity index (χ1) is 7.01. The maximum absolute atomic E-state index is 9.53. The van der Waals surface area contributed by atoms with E-state index in [1.807, 2.05) is 18.2 Å². The second-order valence-electron chi connectivity index (χ2n) is 4.05. The lowest BCUT2D eigenvalue weighted by atomic mass is 10.1.